The summed E-state index contributed by atoms with van der Waals surface area (Å²) in [6.45, 7) is 1.30. The van der Waals surface area contributed by atoms with Crippen molar-refractivity contribution in [3.8, 4) is 0 Å². The second-order valence-electron chi connectivity index (χ2n) is 5.00. The van der Waals surface area contributed by atoms with E-state index in [4.69, 9.17) is 0 Å². The first kappa shape index (κ1) is 15.1. The van der Waals surface area contributed by atoms with E-state index in [1.54, 1.807) is 13.1 Å². The van der Waals surface area contributed by atoms with Crippen LogP contribution in [0.2, 0.25) is 0 Å². The van der Waals surface area contributed by atoms with Crippen LogP contribution in [-0.4, -0.2) is 29.5 Å². The van der Waals surface area contributed by atoms with Gasteiger partial charge in [-0.05, 0) is 29.8 Å². The van der Waals surface area contributed by atoms with E-state index >= 15 is 0 Å². The van der Waals surface area contributed by atoms with Crippen LogP contribution in [-0.2, 0) is 20.1 Å². The van der Waals surface area contributed by atoms with Crippen LogP contribution in [0.15, 0.2) is 47.6 Å². The highest BCUT2D eigenvalue weighted by molar-refractivity contribution is 5.79. The lowest BCUT2D eigenvalue weighted by Crippen LogP contribution is -2.38. The molecule has 0 aliphatic heterocycles. The van der Waals surface area contributed by atoms with Crippen LogP contribution in [0.3, 0.4) is 0 Å². The van der Waals surface area contributed by atoms with Crippen LogP contribution in [0.25, 0.3) is 0 Å². The van der Waals surface area contributed by atoms with Gasteiger partial charge in [-0.25, -0.2) is 4.39 Å². The minimum Gasteiger partial charge on any atom is -0.353 e. The first-order valence-electron chi connectivity index (χ1n) is 6.86. The van der Waals surface area contributed by atoms with E-state index in [0.717, 1.165) is 18.1 Å². The number of rotatable bonds is 4. The third-order valence-electron chi connectivity index (χ3n) is 3.36. The number of halogens is 1. The third-order valence-corrected chi connectivity index (χ3v) is 3.36. The molecule has 4 nitrogen and oxygen atoms in total. The smallest absolute Gasteiger partial charge is 0.194 e. The highest BCUT2D eigenvalue weighted by Crippen LogP contribution is 2.05. The monoisotopic (exact) mass is 288 g/mol. The lowest BCUT2D eigenvalue weighted by Gasteiger charge is -2.22. The molecule has 21 heavy (non-hydrogen) atoms. The molecule has 0 aliphatic rings. The molecule has 2 rings (SSSR count). The molecule has 1 heterocycles. The van der Waals surface area contributed by atoms with Gasteiger partial charge in [-0.2, -0.15) is 0 Å². The van der Waals surface area contributed by atoms with Crippen molar-refractivity contribution in [2.75, 3.05) is 14.1 Å². The minimum absolute atomic E-state index is 0.221. The zero-order valence-electron chi connectivity index (χ0n) is 12.7. The lowest BCUT2D eigenvalue weighted by molar-refractivity contribution is 0.461. The Bertz CT molecular complexity index is 618. The Kier molecular flexibility index (Phi) is 4.98. The van der Waals surface area contributed by atoms with Gasteiger partial charge >= 0.3 is 0 Å². The predicted octanol–water partition coefficient (Wildman–Crippen LogP) is 2.37. The second-order valence-corrected chi connectivity index (χ2v) is 5.00. The van der Waals surface area contributed by atoms with Crippen molar-refractivity contribution in [3.63, 3.8) is 0 Å². The molecule has 1 aromatic heterocycles. The van der Waals surface area contributed by atoms with Crippen molar-refractivity contribution in [3.05, 3.63) is 59.7 Å². The van der Waals surface area contributed by atoms with Crippen molar-refractivity contribution in [2.24, 2.45) is 12.0 Å². The normalized spacial score (nSPS) is 11.5. The van der Waals surface area contributed by atoms with E-state index in [1.165, 1.54) is 17.8 Å². The van der Waals surface area contributed by atoms with Crippen LogP contribution in [0.4, 0.5) is 4.39 Å². The molecule has 2 aromatic rings. The second kappa shape index (κ2) is 6.92. The molecule has 0 aliphatic carbocycles. The van der Waals surface area contributed by atoms with Gasteiger partial charge in [0.25, 0.3) is 0 Å². The van der Waals surface area contributed by atoms with Crippen molar-refractivity contribution < 1.29 is 4.39 Å². The van der Waals surface area contributed by atoms with Crippen molar-refractivity contribution >= 4 is 5.96 Å². The summed E-state index contributed by atoms with van der Waals surface area (Å²) in [5, 5.41) is 3.24. The van der Waals surface area contributed by atoms with Crippen molar-refractivity contribution in [1.29, 1.82) is 0 Å². The summed E-state index contributed by atoms with van der Waals surface area (Å²) in [7, 11) is 5.75. The van der Waals surface area contributed by atoms with Gasteiger partial charge in [-0.15, -0.1) is 0 Å². The maximum Gasteiger partial charge on any atom is 0.194 e. The molecule has 0 fully saturated rings. The molecule has 0 spiro atoms. The largest absolute Gasteiger partial charge is 0.353 e. The van der Waals surface area contributed by atoms with Crippen LogP contribution < -0.4 is 5.32 Å². The molecule has 0 bridgehead atoms. The van der Waals surface area contributed by atoms with Crippen LogP contribution in [0, 0.1) is 5.82 Å². The fraction of sp³-hybridized carbons (Fsp3) is 0.312. The molecule has 1 N–H and O–H groups in total. The zero-order chi connectivity index (χ0) is 15.2. The Morgan fingerprint density at radius 2 is 2.14 bits per heavy atom. The average Bonchev–Trinajstić information content (AvgIpc) is 2.85. The van der Waals surface area contributed by atoms with Gasteiger partial charge in [-0.1, -0.05) is 12.1 Å². The molecular formula is C16H21FN4. The molecule has 0 saturated heterocycles. The highest BCUT2D eigenvalue weighted by atomic mass is 19.1. The van der Waals surface area contributed by atoms with Crippen molar-refractivity contribution in [2.45, 2.75) is 13.1 Å². The van der Waals surface area contributed by atoms with Gasteiger partial charge in [0.1, 0.15) is 5.82 Å². The molecule has 112 valence electrons. The van der Waals surface area contributed by atoms with Gasteiger partial charge < -0.3 is 14.8 Å². The van der Waals surface area contributed by atoms with E-state index in [1.807, 2.05) is 37.3 Å². The Labute approximate surface area is 124 Å². The summed E-state index contributed by atoms with van der Waals surface area (Å²) < 4.78 is 15.2. The molecule has 0 radical (unpaired) electrons. The number of hydrogen-bond acceptors (Lipinski definition) is 1. The Morgan fingerprint density at radius 1 is 1.33 bits per heavy atom. The maximum atomic E-state index is 13.2. The fourth-order valence-corrected chi connectivity index (χ4v) is 2.19. The van der Waals surface area contributed by atoms with E-state index in [9.17, 15) is 4.39 Å². The van der Waals surface area contributed by atoms with Gasteiger partial charge in [0.2, 0.25) is 0 Å². The first-order chi connectivity index (χ1) is 10.1. The number of hydrogen-bond donors (Lipinski definition) is 1. The number of nitrogens with one attached hydrogen (secondary N) is 1. The lowest BCUT2D eigenvalue weighted by atomic mass is 10.2. The van der Waals surface area contributed by atoms with Gasteiger partial charge in [0.05, 0.1) is 6.54 Å². The molecule has 0 amide bonds. The van der Waals surface area contributed by atoms with E-state index in [0.29, 0.717) is 6.54 Å². The number of guanidine groups is 1. The predicted molar refractivity (Wildman–Crippen MR) is 83.5 cm³/mol. The summed E-state index contributed by atoms with van der Waals surface area (Å²) >= 11 is 0. The Balaban J connectivity index is 1.95. The average molecular weight is 288 g/mol. The minimum atomic E-state index is -0.221. The summed E-state index contributed by atoms with van der Waals surface area (Å²) in [5.74, 6) is 0.557. The summed E-state index contributed by atoms with van der Waals surface area (Å²) in [6.07, 6.45) is 2.02. The number of aliphatic imine (C=N–C) groups is 1. The number of aryl methyl sites for hydroxylation is 1. The number of benzene rings is 1. The summed E-state index contributed by atoms with van der Waals surface area (Å²) in [4.78, 5) is 6.30. The highest BCUT2D eigenvalue weighted by Gasteiger charge is 2.08. The van der Waals surface area contributed by atoms with Gasteiger partial charge in [0, 0.05) is 39.6 Å². The molecule has 1 aromatic carbocycles. The van der Waals surface area contributed by atoms with E-state index in [2.05, 4.69) is 20.9 Å². The fourth-order valence-electron chi connectivity index (χ4n) is 2.19. The SMILES string of the molecule is CN=C(NCc1cccc(F)c1)N(C)Cc1cccn1C. The van der Waals surface area contributed by atoms with E-state index < -0.39 is 0 Å². The first-order valence-corrected chi connectivity index (χ1v) is 6.86. The maximum absolute atomic E-state index is 13.2. The molecule has 0 saturated carbocycles. The third kappa shape index (κ3) is 4.08. The van der Waals surface area contributed by atoms with E-state index in [-0.39, 0.29) is 5.82 Å². The molecular weight excluding hydrogens is 267 g/mol. The Hall–Kier alpha value is -2.30. The summed E-state index contributed by atoms with van der Waals surface area (Å²) in [5.41, 5.74) is 2.09. The topological polar surface area (TPSA) is 32.6 Å². The van der Waals surface area contributed by atoms with Crippen LogP contribution in [0.5, 0.6) is 0 Å². The molecule has 0 atom stereocenters. The quantitative estimate of drug-likeness (QED) is 0.692. The zero-order valence-corrected chi connectivity index (χ0v) is 12.7. The summed E-state index contributed by atoms with van der Waals surface area (Å²) in [6, 6.07) is 10.7. The number of nitrogens with zero attached hydrogens (tertiary/aromatic N) is 3. The number of aromatic nitrogens is 1. The Morgan fingerprint density at radius 3 is 2.76 bits per heavy atom. The van der Waals surface area contributed by atoms with Gasteiger partial charge in [-0.3, -0.25) is 4.99 Å². The van der Waals surface area contributed by atoms with Crippen LogP contribution in [0.1, 0.15) is 11.3 Å². The molecule has 5 heteroatoms. The van der Waals surface area contributed by atoms with Gasteiger partial charge in [0.15, 0.2) is 5.96 Å². The standard InChI is InChI=1S/C16H21FN4/c1-18-16(19-11-13-6-4-7-14(17)10-13)21(3)12-15-8-5-9-20(15)2/h4-10H,11-12H2,1-3H3,(H,18,19). The van der Waals surface area contributed by atoms with Crippen LogP contribution >= 0.6 is 0 Å². The molecule has 0 unspecified atom stereocenters. The van der Waals surface area contributed by atoms with Crippen molar-refractivity contribution in [1.82, 2.24) is 14.8 Å².